The molecule has 17 heavy (non-hydrogen) atoms. The van der Waals surface area contributed by atoms with E-state index in [0.717, 1.165) is 16.7 Å². The zero-order valence-electron chi connectivity index (χ0n) is 10.7. The second kappa shape index (κ2) is 5.62. The van der Waals surface area contributed by atoms with Gasteiger partial charge in [-0.05, 0) is 25.0 Å². The number of ether oxygens (including phenoxy) is 1. The van der Waals surface area contributed by atoms with Crippen molar-refractivity contribution in [3.05, 3.63) is 34.9 Å². The highest BCUT2D eigenvalue weighted by Crippen LogP contribution is 2.19. The third-order valence-corrected chi connectivity index (χ3v) is 2.88. The first-order valence-corrected chi connectivity index (χ1v) is 5.64. The number of esters is 1. The van der Waals surface area contributed by atoms with Crippen LogP contribution in [-0.4, -0.2) is 18.9 Å². The molecular weight excluding hydrogens is 216 g/mol. The lowest BCUT2D eigenvalue weighted by Gasteiger charge is -2.13. The molecule has 0 saturated carbocycles. The minimum absolute atomic E-state index is 0.00556. The molecule has 0 radical (unpaired) electrons. The molecule has 3 nitrogen and oxygen atoms in total. The number of ketones is 1. The highest BCUT2D eigenvalue weighted by Gasteiger charge is 2.21. The van der Waals surface area contributed by atoms with Crippen molar-refractivity contribution in [1.82, 2.24) is 0 Å². The van der Waals surface area contributed by atoms with Crippen molar-refractivity contribution >= 4 is 11.8 Å². The van der Waals surface area contributed by atoms with Gasteiger partial charge in [0.25, 0.3) is 0 Å². The van der Waals surface area contributed by atoms with Crippen LogP contribution in [0.4, 0.5) is 0 Å². The summed E-state index contributed by atoms with van der Waals surface area (Å²) < 4.78 is 4.58. The van der Waals surface area contributed by atoms with Crippen LogP contribution >= 0.6 is 0 Å². The average molecular weight is 234 g/mol. The Hall–Kier alpha value is -1.64. The van der Waals surface area contributed by atoms with Gasteiger partial charge in [-0.1, -0.05) is 25.1 Å². The largest absolute Gasteiger partial charge is 0.469 e. The summed E-state index contributed by atoms with van der Waals surface area (Å²) in [5.41, 5.74) is 2.63. The first kappa shape index (κ1) is 13.4. The van der Waals surface area contributed by atoms with Gasteiger partial charge in [0.15, 0.2) is 5.78 Å². The molecule has 1 rings (SSSR count). The SMILES string of the molecule is COC(=O)CC(C)C(=O)c1c(C)cccc1C. The first-order chi connectivity index (χ1) is 7.97. The number of Topliss-reactive ketones (excluding diaryl/α,β-unsaturated/α-hetero) is 1. The van der Waals surface area contributed by atoms with Gasteiger partial charge in [-0.3, -0.25) is 9.59 Å². The van der Waals surface area contributed by atoms with Gasteiger partial charge in [0.2, 0.25) is 0 Å². The molecule has 92 valence electrons. The van der Waals surface area contributed by atoms with E-state index >= 15 is 0 Å². The van der Waals surface area contributed by atoms with Gasteiger partial charge >= 0.3 is 5.97 Å². The number of rotatable bonds is 4. The van der Waals surface area contributed by atoms with Crippen molar-refractivity contribution in [2.75, 3.05) is 7.11 Å². The first-order valence-electron chi connectivity index (χ1n) is 5.64. The molecule has 3 heteroatoms. The quantitative estimate of drug-likeness (QED) is 0.594. The summed E-state index contributed by atoms with van der Waals surface area (Å²) in [4.78, 5) is 23.4. The van der Waals surface area contributed by atoms with Gasteiger partial charge in [-0.2, -0.15) is 0 Å². The molecule has 1 aromatic rings. The van der Waals surface area contributed by atoms with E-state index in [0.29, 0.717) is 0 Å². The summed E-state index contributed by atoms with van der Waals surface area (Å²) in [7, 11) is 1.33. The average Bonchev–Trinajstić information content (AvgIpc) is 2.28. The third kappa shape index (κ3) is 3.16. The van der Waals surface area contributed by atoms with E-state index in [4.69, 9.17) is 0 Å². The summed E-state index contributed by atoms with van der Waals surface area (Å²) in [5, 5.41) is 0. The van der Waals surface area contributed by atoms with E-state index in [1.807, 2.05) is 32.0 Å². The van der Waals surface area contributed by atoms with Crippen molar-refractivity contribution in [3.63, 3.8) is 0 Å². The van der Waals surface area contributed by atoms with Gasteiger partial charge in [0.05, 0.1) is 13.5 Å². The topological polar surface area (TPSA) is 43.4 Å². The molecule has 0 aliphatic rings. The smallest absolute Gasteiger partial charge is 0.306 e. The van der Waals surface area contributed by atoms with Crippen LogP contribution in [0.25, 0.3) is 0 Å². The van der Waals surface area contributed by atoms with Crippen molar-refractivity contribution in [1.29, 1.82) is 0 Å². The Labute approximate surface area is 102 Å². The lowest BCUT2D eigenvalue weighted by atomic mass is 9.90. The Morgan fingerprint density at radius 2 is 1.76 bits per heavy atom. The minimum Gasteiger partial charge on any atom is -0.469 e. The molecular formula is C14H18O3. The van der Waals surface area contributed by atoms with Gasteiger partial charge in [0, 0.05) is 11.5 Å². The molecule has 1 unspecified atom stereocenters. The Morgan fingerprint density at radius 3 is 2.24 bits per heavy atom. The predicted octanol–water partition coefficient (Wildman–Crippen LogP) is 2.69. The van der Waals surface area contributed by atoms with Crippen LogP contribution < -0.4 is 0 Å². The number of methoxy groups -OCH3 is 1. The zero-order chi connectivity index (χ0) is 13.0. The van der Waals surface area contributed by atoms with Crippen molar-refractivity contribution in [2.45, 2.75) is 27.2 Å². The fourth-order valence-electron chi connectivity index (χ4n) is 1.88. The van der Waals surface area contributed by atoms with Crippen molar-refractivity contribution in [3.8, 4) is 0 Å². The molecule has 0 N–H and O–H groups in total. The summed E-state index contributed by atoms with van der Waals surface area (Å²) in [6.07, 6.45) is 0.128. The Morgan fingerprint density at radius 1 is 1.24 bits per heavy atom. The van der Waals surface area contributed by atoms with Crippen LogP contribution in [0.5, 0.6) is 0 Å². The number of hydrogen-bond donors (Lipinski definition) is 0. The van der Waals surface area contributed by atoms with Gasteiger partial charge in [0.1, 0.15) is 0 Å². The zero-order valence-corrected chi connectivity index (χ0v) is 10.7. The molecule has 0 fully saturated rings. The summed E-state index contributed by atoms with van der Waals surface area (Å²) in [6, 6.07) is 5.74. The molecule has 1 atom stereocenters. The number of carbonyl (C=O) groups is 2. The Kier molecular flexibility index (Phi) is 4.44. The normalized spacial score (nSPS) is 12.0. The van der Waals surface area contributed by atoms with Crippen LogP contribution in [0.15, 0.2) is 18.2 Å². The maximum absolute atomic E-state index is 12.2. The maximum Gasteiger partial charge on any atom is 0.306 e. The maximum atomic E-state index is 12.2. The molecule has 0 aromatic heterocycles. The monoisotopic (exact) mass is 234 g/mol. The van der Waals surface area contributed by atoms with Crippen molar-refractivity contribution in [2.24, 2.45) is 5.92 Å². The summed E-state index contributed by atoms with van der Waals surface area (Å²) in [5.74, 6) is -0.690. The molecule has 0 amide bonds. The molecule has 0 aliphatic heterocycles. The van der Waals surface area contributed by atoms with Crippen LogP contribution in [0.2, 0.25) is 0 Å². The highest BCUT2D eigenvalue weighted by atomic mass is 16.5. The molecule has 0 aliphatic carbocycles. The highest BCUT2D eigenvalue weighted by molar-refractivity contribution is 6.01. The number of aryl methyl sites for hydroxylation is 2. The molecule has 0 spiro atoms. The van der Waals surface area contributed by atoms with Gasteiger partial charge in [-0.25, -0.2) is 0 Å². The fourth-order valence-corrected chi connectivity index (χ4v) is 1.88. The van der Waals surface area contributed by atoms with E-state index < -0.39 is 0 Å². The van der Waals surface area contributed by atoms with Crippen LogP contribution in [0.3, 0.4) is 0 Å². The molecule has 1 aromatic carbocycles. The summed E-state index contributed by atoms with van der Waals surface area (Å²) >= 11 is 0. The van der Waals surface area contributed by atoms with E-state index in [9.17, 15) is 9.59 Å². The molecule has 0 saturated heterocycles. The second-order valence-corrected chi connectivity index (χ2v) is 4.31. The second-order valence-electron chi connectivity index (χ2n) is 4.31. The third-order valence-electron chi connectivity index (χ3n) is 2.88. The minimum atomic E-state index is -0.350. The van der Waals surface area contributed by atoms with Crippen LogP contribution in [-0.2, 0) is 9.53 Å². The predicted molar refractivity (Wildman–Crippen MR) is 66.0 cm³/mol. The Balaban J connectivity index is 2.93. The number of carbonyl (C=O) groups excluding carboxylic acids is 2. The van der Waals surface area contributed by atoms with Crippen molar-refractivity contribution < 1.29 is 14.3 Å². The lowest BCUT2D eigenvalue weighted by molar-refractivity contribution is -0.141. The van der Waals surface area contributed by atoms with E-state index in [-0.39, 0.29) is 24.1 Å². The molecule has 0 heterocycles. The van der Waals surface area contributed by atoms with Crippen LogP contribution in [0, 0.1) is 19.8 Å². The van der Waals surface area contributed by atoms with Crippen LogP contribution in [0.1, 0.15) is 34.8 Å². The van der Waals surface area contributed by atoms with Gasteiger partial charge < -0.3 is 4.74 Å². The van der Waals surface area contributed by atoms with E-state index in [2.05, 4.69) is 4.74 Å². The summed E-state index contributed by atoms with van der Waals surface area (Å²) in [6.45, 7) is 5.57. The van der Waals surface area contributed by atoms with Gasteiger partial charge in [-0.15, -0.1) is 0 Å². The standard InChI is InChI=1S/C14H18O3/c1-9-6-5-7-10(2)13(9)14(16)11(3)8-12(15)17-4/h5-7,11H,8H2,1-4H3. The lowest BCUT2D eigenvalue weighted by Crippen LogP contribution is -2.18. The fraction of sp³-hybridized carbons (Fsp3) is 0.429. The number of hydrogen-bond acceptors (Lipinski definition) is 3. The van der Waals surface area contributed by atoms with E-state index in [1.165, 1.54) is 7.11 Å². The number of benzene rings is 1. The Bertz CT molecular complexity index is 415. The molecule has 0 bridgehead atoms. The van der Waals surface area contributed by atoms with E-state index in [1.54, 1.807) is 6.92 Å².